The number of urea groups is 1. The third kappa shape index (κ3) is 2.62. The fourth-order valence-corrected chi connectivity index (χ4v) is 2.50. The Morgan fingerprint density at radius 3 is 2.26 bits per heavy atom. The highest BCUT2D eigenvalue weighted by atomic mass is 19.1. The van der Waals surface area contributed by atoms with Gasteiger partial charge in [0, 0.05) is 11.2 Å². The van der Waals surface area contributed by atoms with Crippen LogP contribution >= 0.6 is 0 Å². The predicted molar refractivity (Wildman–Crippen MR) is 83.0 cm³/mol. The standard InChI is InChI=1S/C15H18BFN2O4/c1-14(2)15(3,4)23-16(22-14)10-6-5-9(7-11(10)17)19-8-12(20)18-13(19)21/h5-7H,8H2,1-4H3,(H,18,20,21). The molecule has 0 spiro atoms. The fourth-order valence-electron chi connectivity index (χ4n) is 2.50. The van der Waals surface area contributed by atoms with Crippen molar-refractivity contribution in [2.75, 3.05) is 11.4 Å². The number of amides is 3. The molecule has 8 heteroatoms. The number of nitrogens with zero attached hydrogens (tertiary/aromatic N) is 1. The molecule has 0 bridgehead atoms. The van der Waals surface area contributed by atoms with Gasteiger partial charge >= 0.3 is 13.1 Å². The van der Waals surface area contributed by atoms with Crippen LogP contribution in [0.5, 0.6) is 0 Å². The molecule has 6 nitrogen and oxygen atoms in total. The minimum Gasteiger partial charge on any atom is -0.399 e. The number of carbonyl (C=O) groups is 2. The van der Waals surface area contributed by atoms with Gasteiger partial charge in [0.2, 0.25) is 5.91 Å². The Morgan fingerprint density at radius 2 is 1.78 bits per heavy atom. The molecule has 2 fully saturated rings. The highest BCUT2D eigenvalue weighted by Crippen LogP contribution is 2.36. The number of nitrogens with one attached hydrogen (secondary N) is 1. The lowest BCUT2D eigenvalue weighted by atomic mass is 9.78. The number of anilines is 1. The molecule has 0 radical (unpaired) electrons. The van der Waals surface area contributed by atoms with E-state index >= 15 is 0 Å². The van der Waals surface area contributed by atoms with Gasteiger partial charge < -0.3 is 9.31 Å². The Bertz CT molecular complexity index is 676. The van der Waals surface area contributed by atoms with E-state index in [9.17, 15) is 14.0 Å². The van der Waals surface area contributed by atoms with Gasteiger partial charge in [-0.2, -0.15) is 0 Å². The lowest BCUT2D eigenvalue weighted by Gasteiger charge is -2.32. The zero-order valence-corrected chi connectivity index (χ0v) is 13.5. The van der Waals surface area contributed by atoms with Crippen LogP contribution in [0.25, 0.3) is 0 Å². The van der Waals surface area contributed by atoms with Gasteiger partial charge in [0.05, 0.1) is 11.2 Å². The van der Waals surface area contributed by atoms with Crippen LogP contribution in [0.15, 0.2) is 18.2 Å². The molecule has 1 aromatic carbocycles. The molecule has 0 atom stereocenters. The number of hydrogen-bond acceptors (Lipinski definition) is 4. The molecule has 122 valence electrons. The largest absolute Gasteiger partial charge is 0.497 e. The third-order valence-electron chi connectivity index (χ3n) is 4.60. The Morgan fingerprint density at radius 1 is 1.17 bits per heavy atom. The average molecular weight is 320 g/mol. The van der Waals surface area contributed by atoms with Gasteiger partial charge in [-0.15, -0.1) is 0 Å². The SMILES string of the molecule is CC1(C)OB(c2ccc(N3CC(=O)NC3=O)cc2F)OC1(C)C. The molecule has 1 N–H and O–H groups in total. The van der Waals surface area contributed by atoms with E-state index in [0.29, 0.717) is 5.69 Å². The summed E-state index contributed by atoms with van der Waals surface area (Å²) < 4.78 is 26.1. The van der Waals surface area contributed by atoms with Crippen molar-refractivity contribution < 1.29 is 23.3 Å². The minimum absolute atomic E-state index is 0.117. The average Bonchev–Trinajstić information content (AvgIpc) is 2.85. The number of carbonyl (C=O) groups excluding carboxylic acids is 2. The summed E-state index contributed by atoms with van der Waals surface area (Å²) in [6.07, 6.45) is 0. The highest BCUT2D eigenvalue weighted by molar-refractivity contribution is 6.62. The van der Waals surface area contributed by atoms with Gasteiger partial charge in [-0.25, -0.2) is 9.18 Å². The number of benzene rings is 1. The molecule has 23 heavy (non-hydrogen) atoms. The lowest BCUT2D eigenvalue weighted by molar-refractivity contribution is -0.117. The zero-order chi connectivity index (χ0) is 17.0. The van der Waals surface area contributed by atoms with E-state index in [4.69, 9.17) is 9.31 Å². The van der Waals surface area contributed by atoms with Crippen molar-refractivity contribution in [1.82, 2.24) is 5.32 Å². The Hall–Kier alpha value is -1.93. The maximum absolute atomic E-state index is 14.5. The molecule has 2 heterocycles. The van der Waals surface area contributed by atoms with Crippen LogP contribution in [0, 0.1) is 5.82 Å². The molecule has 3 amide bonds. The van der Waals surface area contributed by atoms with Crippen molar-refractivity contribution in [3.05, 3.63) is 24.0 Å². The fraction of sp³-hybridized carbons (Fsp3) is 0.467. The summed E-state index contributed by atoms with van der Waals surface area (Å²) in [7, 11) is -0.817. The molecule has 1 aromatic rings. The van der Waals surface area contributed by atoms with Gasteiger partial charge in [0.25, 0.3) is 0 Å². The van der Waals surface area contributed by atoms with Gasteiger partial charge in [0.15, 0.2) is 0 Å². The van der Waals surface area contributed by atoms with Crippen molar-refractivity contribution in [3.8, 4) is 0 Å². The van der Waals surface area contributed by atoms with Crippen molar-refractivity contribution in [1.29, 1.82) is 0 Å². The van der Waals surface area contributed by atoms with E-state index in [-0.39, 0.29) is 12.0 Å². The van der Waals surface area contributed by atoms with Crippen LogP contribution in [0.1, 0.15) is 27.7 Å². The van der Waals surface area contributed by atoms with Crippen LogP contribution in [0.2, 0.25) is 0 Å². The van der Waals surface area contributed by atoms with E-state index in [1.807, 2.05) is 27.7 Å². The number of halogens is 1. The van der Waals surface area contributed by atoms with Gasteiger partial charge in [0.1, 0.15) is 12.4 Å². The molecule has 0 aromatic heterocycles. The molecule has 0 unspecified atom stereocenters. The molecular weight excluding hydrogens is 302 g/mol. The van der Waals surface area contributed by atoms with E-state index < -0.39 is 36.1 Å². The maximum atomic E-state index is 14.5. The first kappa shape index (κ1) is 16.0. The van der Waals surface area contributed by atoms with Crippen LogP contribution < -0.4 is 15.7 Å². The van der Waals surface area contributed by atoms with Crippen LogP contribution in [0.3, 0.4) is 0 Å². The smallest absolute Gasteiger partial charge is 0.399 e. The molecular formula is C15H18BFN2O4. The van der Waals surface area contributed by atoms with Crippen molar-refractivity contribution >= 4 is 30.2 Å². The van der Waals surface area contributed by atoms with Crippen LogP contribution in [-0.4, -0.2) is 36.8 Å². The van der Waals surface area contributed by atoms with E-state index in [1.54, 1.807) is 6.07 Å². The summed E-state index contributed by atoms with van der Waals surface area (Å²) >= 11 is 0. The number of hydrogen-bond donors (Lipinski definition) is 1. The van der Waals surface area contributed by atoms with Gasteiger partial charge in [-0.3, -0.25) is 15.0 Å². The summed E-state index contributed by atoms with van der Waals surface area (Å²) in [5.41, 5.74) is -0.557. The van der Waals surface area contributed by atoms with E-state index in [2.05, 4.69) is 5.32 Å². The lowest BCUT2D eigenvalue weighted by Crippen LogP contribution is -2.41. The van der Waals surface area contributed by atoms with Gasteiger partial charge in [-0.05, 0) is 39.8 Å². The highest BCUT2D eigenvalue weighted by Gasteiger charge is 2.52. The monoisotopic (exact) mass is 320 g/mol. The summed E-state index contributed by atoms with van der Waals surface area (Å²) in [6, 6.07) is 3.74. The molecule has 2 aliphatic heterocycles. The Balaban J connectivity index is 1.87. The molecule has 0 aliphatic carbocycles. The van der Waals surface area contributed by atoms with E-state index in [1.165, 1.54) is 17.0 Å². The zero-order valence-electron chi connectivity index (χ0n) is 13.5. The Kier molecular flexibility index (Phi) is 3.49. The normalized spacial score (nSPS) is 22.7. The summed E-state index contributed by atoms with van der Waals surface area (Å²) in [5, 5.41) is 2.15. The first-order valence-corrected chi connectivity index (χ1v) is 7.37. The van der Waals surface area contributed by atoms with Crippen molar-refractivity contribution in [2.24, 2.45) is 0 Å². The molecule has 2 aliphatic rings. The predicted octanol–water partition coefficient (Wildman–Crippen LogP) is 1.18. The maximum Gasteiger partial charge on any atom is 0.497 e. The number of rotatable bonds is 2. The van der Waals surface area contributed by atoms with Crippen LogP contribution in [-0.2, 0) is 14.1 Å². The second kappa shape index (κ2) is 5.04. The summed E-state index contributed by atoms with van der Waals surface area (Å²) in [5.74, 6) is -0.960. The van der Waals surface area contributed by atoms with Crippen LogP contribution in [0.4, 0.5) is 14.9 Å². The molecule has 3 rings (SSSR count). The summed E-state index contributed by atoms with van der Waals surface area (Å²) in [4.78, 5) is 24.0. The summed E-state index contributed by atoms with van der Waals surface area (Å²) in [6.45, 7) is 7.44. The Labute approximate surface area is 134 Å². The molecule has 2 saturated heterocycles. The minimum atomic E-state index is -0.817. The number of imide groups is 1. The first-order valence-electron chi connectivity index (χ1n) is 7.37. The van der Waals surface area contributed by atoms with Gasteiger partial charge in [-0.1, -0.05) is 6.07 Å². The second-order valence-electron chi connectivity index (χ2n) is 6.73. The van der Waals surface area contributed by atoms with Crippen molar-refractivity contribution in [3.63, 3.8) is 0 Å². The van der Waals surface area contributed by atoms with E-state index in [0.717, 1.165) is 0 Å². The first-order chi connectivity index (χ1) is 10.6. The quantitative estimate of drug-likeness (QED) is 0.656. The topological polar surface area (TPSA) is 67.9 Å². The third-order valence-corrected chi connectivity index (χ3v) is 4.60. The molecule has 0 saturated carbocycles. The second-order valence-corrected chi connectivity index (χ2v) is 6.73. The van der Waals surface area contributed by atoms with Crippen molar-refractivity contribution in [2.45, 2.75) is 38.9 Å².